The smallest absolute Gasteiger partial charge is 0.407 e. The molecule has 0 unspecified atom stereocenters. The molecule has 0 saturated carbocycles. The van der Waals surface area contributed by atoms with E-state index in [4.69, 9.17) is 9.47 Å². The summed E-state index contributed by atoms with van der Waals surface area (Å²) in [7, 11) is 0. The van der Waals surface area contributed by atoms with E-state index < -0.39 is 5.60 Å². The van der Waals surface area contributed by atoms with Crippen molar-refractivity contribution >= 4 is 6.09 Å². The number of carbonyl (C=O) groups is 1. The average molecular weight is 307 g/mol. The van der Waals surface area contributed by atoms with Crippen molar-refractivity contribution in [1.82, 2.24) is 5.32 Å². The summed E-state index contributed by atoms with van der Waals surface area (Å²) in [5.41, 5.74) is 0.970. The summed E-state index contributed by atoms with van der Waals surface area (Å²) >= 11 is 0. The van der Waals surface area contributed by atoms with E-state index in [-0.39, 0.29) is 11.5 Å². The second-order valence-corrected chi connectivity index (χ2v) is 7.41. The lowest BCUT2D eigenvalue weighted by atomic mass is 9.87. The second-order valence-electron chi connectivity index (χ2n) is 7.41. The van der Waals surface area contributed by atoms with E-state index in [0.717, 1.165) is 12.2 Å². The van der Waals surface area contributed by atoms with Gasteiger partial charge in [-0.25, -0.2) is 4.79 Å². The van der Waals surface area contributed by atoms with Crippen LogP contribution in [0, 0.1) is 0 Å². The molecule has 1 amide bonds. The van der Waals surface area contributed by atoms with Crippen molar-refractivity contribution in [3.05, 3.63) is 29.8 Å². The summed E-state index contributed by atoms with van der Waals surface area (Å²) in [6.07, 6.45) is 0.349. The first-order valence-corrected chi connectivity index (χ1v) is 7.78. The van der Waals surface area contributed by atoms with Crippen LogP contribution in [0.4, 0.5) is 4.79 Å². The lowest BCUT2D eigenvalue weighted by molar-refractivity contribution is 0.0525. The van der Waals surface area contributed by atoms with Gasteiger partial charge in [0.25, 0.3) is 0 Å². The minimum absolute atomic E-state index is 0.149. The summed E-state index contributed by atoms with van der Waals surface area (Å²) in [5.74, 6) is 0.852. The zero-order chi connectivity index (χ0) is 16.8. The molecule has 0 fully saturated rings. The molecule has 0 saturated heterocycles. The van der Waals surface area contributed by atoms with Crippen LogP contribution in [-0.4, -0.2) is 24.8 Å². The third-order valence-electron chi connectivity index (χ3n) is 2.98. The molecule has 1 N–H and O–H groups in total. The van der Waals surface area contributed by atoms with Gasteiger partial charge in [0.2, 0.25) is 0 Å². The minimum atomic E-state index is -0.463. The molecule has 0 atom stereocenters. The van der Waals surface area contributed by atoms with Gasteiger partial charge in [-0.3, -0.25) is 0 Å². The van der Waals surface area contributed by atoms with Crippen LogP contribution in [0.25, 0.3) is 0 Å². The van der Waals surface area contributed by atoms with E-state index in [0.29, 0.717) is 13.2 Å². The molecular weight excluding hydrogens is 278 g/mol. The summed E-state index contributed by atoms with van der Waals surface area (Å²) in [6, 6.07) is 8.16. The summed E-state index contributed by atoms with van der Waals surface area (Å²) in [5, 5.41) is 2.71. The largest absolute Gasteiger partial charge is 0.494 e. The molecule has 0 heterocycles. The summed E-state index contributed by atoms with van der Waals surface area (Å²) in [6.45, 7) is 13.2. The minimum Gasteiger partial charge on any atom is -0.494 e. The Labute approximate surface area is 134 Å². The lowest BCUT2D eigenvalue weighted by Crippen LogP contribution is -2.33. The number of nitrogens with one attached hydrogen (secondary N) is 1. The van der Waals surface area contributed by atoms with Gasteiger partial charge in [0, 0.05) is 6.54 Å². The Morgan fingerprint density at radius 1 is 1.05 bits per heavy atom. The first kappa shape index (κ1) is 18.3. The van der Waals surface area contributed by atoms with Gasteiger partial charge in [0.15, 0.2) is 0 Å². The molecule has 124 valence electrons. The summed E-state index contributed by atoms with van der Waals surface area (Å²) in [4.78, 5) is 11.4. The topological polar surface area (TPSA) is 47.6 Å². The number of alkyl carbamates (subject to hydrolysis) is 1. The number of amides is 1. The zero-order valence-electron chi connectivity index (χ0n) is 14.7. The molecule has 0 aromatic heterocycles. The fraction of sp³-hybridized carbons (Fsp3) is 0.611. The highest BCUT2D eigenvalue weighted by Crippen LogP contribution is 2.24. The van der Waals surface area contributed by atoms with Gasteiger partial charge >= 0.3 is 6.09 Å². The Hall–Kier alpha value is -1.71. The number of hydrogen-bond acceptors (Lipinski definition) is 3. The molecule has 0 bridgehead atoms. The highest BCUT2D eigenvalue weighted by Gasteiger charge is 2.15. The average Bonchev–Trinajstić information content (AvgIpc) is 2.35. The number of ether oxygens (including phenoxy) is 2. The fourth-order valence-electron chi connectivity index (χ4n) is 1.82. The number of benzene rings is 1. The van der Waals surface area contributed by atoms with Crippen LogP contribution in [0.1, 0.15) is 53.5 Å². The van der Waals surface area contributed by atoms with Crippen molar-refractivity contribution in [2.45, 2.75) is 59.0 Å². The Kier molecular flexibility index (Phi) is 6.27. The van der Waals surface area contributed by atoms with Gasteiger partial charge in [0.1, 0.15) is 11.4 Å². The van der Waals surface area contributed by atoms with Gasteiger partial charge in [-0.2, -0.15) is 0 Å². The molecule has 0 aliphatic heterocycles. The normalized spacial score (nSPS) is 11.9. The number of rotatable bonds is 5. The van der Waals surface area contributed by atoms with Gasteiger partial charge in [0.05, 0.1) is 6.61 Å². The van der Waals surface area contributed by atoms with Gasteiger partial charge in [-0.1, -0.05) is 32.9 Å². The summed E-state index contributed by atoms with van der Waals surface area (Å²) < 4.78 is 10.8. The van der Waals surface area contributed by atoms with E-state index in [1.54, 1.807) is 0 Å². The first-order valence-electron chi connectivity index (χ1n) is 7.78. The van der Waals surface area contributed by atoms with Gasteiger partial charge < -0.3 is 14.8 Å². The van der Waals surface area contributed by atoms with E-state index >= 15 is 0 Å². The molecule has 22 heavy (non-hydrogen) atoms. The predicted octanol–water partition coefficient (Wildman–Crippen LogP) is 4.28. The van der Waals surface area contributed by atoms with E-state index in [1.807, 2.05) is 32.9 Å². The monoisotopic (exact) mass is 307 g/mol. The molecule has 1 aromatic rings. The maximum Gasteiger partial charge on any atom is 0.407 e. The van der Waals surface area contributed by atoms with Crippen molar-refractivity contribution in [3.63, 3.8) is 0 Å². The lowest BCUT2D eigenvalue weighted by Gasteiger charge is -2.20. The second kappa shape index (κ2) is 7.52. The number of carbonyl (C=O) groups excluding carboxylic acids is 1. The van der Waals surface area contributed by atoms with Crippen molar-refractivity contribution < 1.29 is 14.3 Å². The maximum absolute atomic E-state index is 11.4. The molecule has 1 aromatic carbocycles. The molecule has 1 rings (SSSR count). The fourth-order valence-corrected chi connectivity index (χ4v) is 1.82. The van der Waals surface area contributed by atoms with Crippen LogP contribution in [0.3, 0.4) is 0 Å². The van der Waals surface area contributed by atoms with Crippen LogP contribution < -0.4 is 10.1 Å². The zero-order valence-corrected chi connectivity index (χ0v) is 14.7. The van der Waals surface area contributed by atoms with E-state index in [1.165, 1.54) is 5.56 Å². The molecule has 0 aliphatic rings. The Morgan fingerprint density at radius 3 is 2.14 bits per heavy atom. The Bertz CT molecular complexity index is 467. The van der Waals surface area contributed by atoms with Crippen molar-refractivity contribution in [2.24, 2.45) is 0 Å². The third-order valence-corrected chi connectivity index (χ3v) is 2.98. The molecule has 0 spiro atoms. The number of hydrogen-bond donors (Lipinski definition) is 1. The van der Waals surface area contributed by atoms with Crippen molar-refractivity contribution in [1.29, 1.82) is 0 Å². The Morgan fingerprint density at radius 2 is 1.64 bits per heavy atom. The maximum atomic E-state index is 11.4. The van der Waals surface area contributed by atoms with Crippen LogP contribution in [-0.2, 0) is 10.2 Å². The highest BCUT2D eigenvalue weighted by atomic mass is 16.6. The van der Waals surface area contributed by atoms with Crippen LogP contribution in [0.15, 0.2) is 24.3 Å². The molecule has 4 nitrogen and oxygen atoms in total. The molecule has 4 heteroatoms. The Balaban J connectivity index is 2.24. The third kappa shape index (κ3) is 7.34. The molecule has 0 aliphatic carbocycles. The van der Waals surface area contributed by atoms with Gasteiger partial charge in [-0.15, -0.1) is 0 Å². The molecular formula is C18H29NO3. The quantitative estimate of drug-likeness (QED) is 0.826. The van der Waals surface area contributed by atoms with E-state index in [9.17, 15) is 4.79 Å². The molecule has 0 radical (unpaired) electrons. The SMILES string of the molecule is CC(C)(C)OC(=O)NCCCOc1ccc(C(C)(C)C)cc1. The standard InChI is InChI=1S/C18H29NO3/c1-17(2,3)14-8-10-15(11-9-14)21-13-7-12-19-16(20)22-18(4,5)6/h8-11H,7,12-13H2,1-6H3,(H,19,20). The van der Waals surface area contributed by atoms with E-state index in [2.05, 4.69) is 38.2 Å². The van der Waals surface area contributed by atoms with Crippen LogP contribution in [0.5, 0.6) is 5.75 Å². The van der Waals surface area contributed by atoms with Gasteiger partial charge in [-0.05, 0) is 50.3 Å². The predicted molar refractivity (Wildman–Crippen MR) is 89.5 cm³/mol. The van der Waals surface area contributed by atoms with Crippen molar-refractivity contribution in [3.8, 4) is 5.75 Å². The highest BCUT2D eigenvalue weighted by molar-refractivity contribution is 5.67. The van der Waals surface area contributed by atoms with Crippen LogP contribution >= 0.6 is 0 Å². The van der Waals surface area contributed by atoms with Crippen molar-refractivity contribution in [2.75, 3.05) is 13.2 Å². The van der Waals surface area contributed by atoms with Crippen LogP contribution in [0.2, 0.25) is 0 Å². The first-order chi connectivity index (χ1) is 10.1.